The smallest absolute Gasteiger partial charge is 0.0850 e. The number of nitrogens with one attached hydrogen (secondary N) is 1. The van der Waals surface area contributed by atoms with E-state index in [0.29, 0.717) is 0 Å². The summed E-state index contributed by atoms with van der Waals surface area (Å²) in [7, 11) is 0. The van der Waals surface area contributed by atoms with Gasteiger partial charge in [0, 0.05) is 18.5 Å². The number of rotatable bonds is 5. The molecule has 0 saturated carbocycles. The maximum Gasteiger partial charge on any atom is 0.0850 e. The average Bonchev–Trinajstić information content (AvgIpc) is 2.76. The number of hydrogen-bond acceptors (Lipinski definition) is 3. The van der Waals surface area contributed by atoms with E-state index in [-0.39, 0.29) is 12.0 Å². The first kappa shape index (κ1) is 14.8. The Balaban J connectivity index is 2.28. The Hall–Kier alpha value is -0.580. The van der Waals surface area contributed by atoms with Gasteiger partial charge in [-0.1, -0.05) is 18.5 Å². The Labute approximate surface area is 120 Å². The van der Waals surface area contributed by atoms with Crippen molar-refractivity contribution in [1.29, 1.82) is 0 Å². The molecule has 19 heavy (non-hydrogen) atoms. The molecule has 1 unspecified atom stereocenters. The van der Waals surface area contributed by atoms with Crippen LogP contribution in [-0.2, 0) is 19.4 Å². The molecule has 1 fully saturated rings. The SMILES string of the molecule is CCc1nn(CC)c(CC2(CO)CCCNC2)c1Cl. The van der Waals surface area contributed by atoms with Crippen molar-refractivity contribution in [1.82, 2.24) is 15.1 Å². The minimum Gasteiger partial charge on any atom is -0.396 e. The van der Waals surface area contributed by atoms with E-state index in [4.69, 9.17) is 11.6 Å². The van der Waals surface area contributed by atoms with Gasteiger partial charge in [0.2, 0.25) is 0 Å². The van der Waals surface area contributed by atoms with Crippen LogP contribution in [-0.4, -0.2) is 34.6 Å². The molecule has 1 atom stereocenters. The molecule has 4 nitrogen and oxygen atoms in total. The van der Waals surface area contributed by atoms with E-state index in [0.717, 1.165) is 61.7 Å². The number of halogens is 1. The first-order valence-electron chi connectivity index (χ1n) is 7.21. The van der Waals surface area contributed by atoms with Crippen molar-refractivity contribution < 1.29 is 5.11 Å². The summed E-state index contributed by atoms with van der Waals surface area (Å²) in [4.78, 5) is 0. The molecule has 0 spiro atoms. The summed E-state index contributed by atoms with van der Waals surface area (Å²) < 4.78 is 1.99. The second kappa shape index (κ2) is 6.25. The third kappa shape index (κ3) is 2.96. The van der Waals surface area contributed by atoms with Gasteiger partial charge in [-0.05, 0) is 39.2 Å². The molecular weight excluding hydrogens is 262 g/mol. The van der Waals surface area contributed by atoms with E-state index in [1.807, 2.05) is 4.68 Å². The van der Waals surface area contributed by atoms with Crippen molar-refractivity contribution in [2.75, 3.05) is 19.7 Å². The second-order valence-corrected chi connectivity index (χ2v) is 5.87. The summed E-state index contributed by atoms with van der Waals surface area (Å²) in [6.07, 6.45) is 3.81. The Morgan fingerprint density at radius 3 is 2.79 bits per heavy atom. The molecule has 0 aliphatic carbocycles. The fourth-order valence-electron chi connectivity index (χ4n) is 2.91. The highest BCUT2D eigenvalue weighted by molar-refractivity contribution is 6.31. The molecule has 2 N–H and O–H groups in total. The van der Waals surface area contributed by atoms with Gasteiger partial charge in [0.25, 0.3) is 0 Å². The summed E-state index contributed by atoms with van der Waals surface area (Å²) in [6.45, 7) is 7.08. The van der Waals surface area contributed by atoms with Crippen LogP contribution in [0.4, 0.5) is 0 Å². The molecule has 1 aromatic heterocycles. The molecular formula is C14H24ClN3O. The summed E-state index contributed by atoms with van der Waals surface area (Å²) in [6, 6.07) is 0. The molecule has 1 aliphatic heterocycles. The van der Waals surface area contributed by atoms with Crippen LogP contribution in [0.5, 0.6) is 0 Å². The number of hydrogen-bond donors (Lipinski definition) is 2. The molecule has 0 aromatic carbocycles. The van der Waals surface area contributed by atoms with Gasteiger partial charge in [0.15, 0.2) is 0 Å². The zero-order valence-electron chi connectivity index (χ0n) is 11.9. The van der Waals surface area contributed by atoms with Crippen molar-refractivity contribution >= 4 is 11.6 Å². The fourth-order valence-corrected chi connectivity index (χ4v) is 3.25. The average molecular weight is 286 g/mol. The highest BCUT2D eigenvalue weighted by atomic mass is 35.5. The quantitative estimate of drug-likeness (QED) is 0.870. The Kier molecular flexibility index (Phi) is 4.87. The van der Waals surface area contributed by atoms with Crippen LogP contribution in [0.2, 0.25) is 5.02 Å². The predicted molar refractivity (Wildman–Crippen MR) is 77.6 cm³/mol. The second-order valence-electron chi connectivity index (χ2n) is 5.49. The topological polar surface area (TPSA) is 50.1 Å². The van der Waals surface area contributed by atoms with E-state index in [1.165, 1.54) is 0 Å². The van der Waals surface area contributed by atoms with Crippen LogP contribution in [0.1, 0.15) is 38.1 Å². The largest absolute Gasteiger partial charge is 0.396 e. The number of aromatic nitrogens is 2. The molecule has 2 heterocycles. The zero-order valence-corrected chi connectivity index (χ0v) is 12.6. The van der Waals surface area contributed by atoms with Crippen LogP contribution in [0.25, 0.3) is 0 Å². The number of nitrogens with zero attached hydrogens (tertiary/aromatic N) is 2. The van der Waals surface area contributed by atoms with Crippen LogP contribution < -0.4 is 5.32 Å². The summed E-state index contributed by atoms with van der Waals surface area (Å²) >= 11 is 6.46. The van der Waals surface area contributed by atoms with Crippen molar-refractivity contribution in [3.63, 3.8) is 0 Å². The van der Waals surface area contributed by atoms with Crippen molar-refractivity contribution in [2.24, 2.45) is 5.41 Å². The molecule has 0 radical (unpaired) electrons. The van der Waals surface area contributed by atoms with E-state index in [2.05, 4.69) is 24.3 Å². The van der Waals surface area contributed by atoms with Gasteiger partial charge in [-0.2, -0.15) is 5.10 Å². The fraction of sp³-hybridized carbons (Fsp3) is 0.786. The van der Waals surface area contributed by atoms with E-state index >= 15 is 0 Å². The molecule has 1 aromatic rings. The minimum atomic E-state index is -0.0835. The zero-order chi connectivity index (χ0) is 13.9. The number of piperidine rings is 1. The van der Waals surface area contributed by atoms with Gasteiger partial charge >= 0.3 is 0 Å². The Morgan fingerprint density at radius 1 is 1.47 bits per heavy atom. The first-order chi connectivity index (χ1) is 9.15. The van der Waals surface area contributed by atoms with Gasteiger partial charge in [-0.3, -0.25) is 4.68 Å². The van der Waals surface area contributed by atoms with Gasteiger partial charge in [0.1, 0.15) is 0 Å². The molecule has 108 valence electrons. The minimum absolute atomic E-state index is 0.0835. The molecule has 0 bridgehead atoms. The normalized spacial score (nSPS) is 23.8. The Bertz CT molecular complexity index is 425. The van der Waals surface area contributed by atoms with Crippen LogP contribution in [0.3, 0.4) is 0 Å². The Morgan fingerprint density at radius 2 is 2.26 bits per heavy atom. The standard InChI is InChI=1S/C14H24ClN3O/c1-3-11-13(15)12(18(4-2)17-11)8-14(10-19)6-5-7-16-9-14/h16,19H,3-10H2,1-2H3. The van der Waals surface area contributed by atoms with E-state index in [9.17, 15) is 5.11 Å². The van der Waals surface area contributed by atoms with Gasteiger partial charge in [0.05, 0.1) is 23.0 Å². The van der Waals surface area contributed by atoms with E-state index in [1.54, 1.807) is 0 Å². The van der Waals surface area contributed by atoms with Crippen molar-refractivity contribution in [2.45, 2.75) is 46.1 Å². The molecule has 1 aliphatic rings. The molecule has 1 saturated heterocycles. The van der Waals surface area contributed by atoms with Gasteiger partial charge in [-0.15, -0.1) is 0 Å². The molecule has 5 heteroatoms. The number of aryl methyl sites for hydroxylation is 2. The number of aliphatic hydroxyl groups excluding tert-OH is 1. The van der Waals surface area contributed by atoms with Crippen LogP contribution >= 0.6 is 11.6 Å². The third-order valence-corrected chi connectivity index (χ3v) is 4.57. The maximum absolute atomic E-state index is 9.81. The highest BCUT2D eigenvalue weighted by Crippen LogP contribution is 2.33. The lowest BCUT2D eigenvalue weighted by Gasteiger charge is -2.36. The molecule has 0 amide bonds. The highest BCUT2D eigenvalue weighted by Gasteiger charge is 2.34. The summed E-state index contributed by atoms with van der Waals surface area (Å²) in [5.74, 6) is 0. The van der Waals surface area contributed by atoms with Crippen LogP contribution in [0.15, 0.2) is 0 Å². The summed E-state index contributed by atoms with van der Waals surface area (Å²) in [5, 5.41) is 18.6. The maximum atomic E-state index is 9.81. The molecule has 2 rings (SSSR count). The van der Waals surface area contributed by atoms with Crippen molar-refractivity contribution in [3.05, 3.63) is 16.4 Å². The monoisotopic (exact) mass is 285 g/mol. The lowest BCUT2D eigenvalue weighted by atomic mass is 9.77. The van der Waals surface area contributed by atoms with E-state index < -0.39 is 0 Å². The van der Waals surface area contributed by atoms with Crippen molar-refractivity contribution in [3.8, 4) is 0 Å². The number of aliphatic hydroxyl groups is 1. The third-order valence-electron chi connectivity index (χ3n) is 4.13. The summed E-state index contributed by atoms with van der Waals surface area (Å²) in [5.41, 5.74) is 1.97. The lowest BCUT2D eigenvalue weighted by molar-refractivity contribution is 0.0927. The predicted octanol–water partition coefficient (Wildman–Crippen LogP) is 2.02. The first-order valence-corrected chi connectivity index (χ1v) is 7.59. The van der Waals surface area contributed by atoms with Gasteiger partial charge < -0.3 is 10.4 Å². The van der Waals surface area contributed by atoms with Gasteiger partial charge in [-0.25, -0.2) is 0 Å². The van der Waals surface area contributed by atoms with Crippen LogP contribution in [0, 0.1) is 5.41 Å². The lowest BCUT2D eigenvalue weighted by Crippen LogP contribution is -2.44.